The van der Waals surface area contributed by atoms with Crippen molar-refractivity contribution in [1.82, 2.24) is 20.1 Å². The molecule has 0 saturated heterocycles. The van der Waals surface area contributed by atoms with Crippen LogP contribution in [0.2, 0.25) is 0 Å². The summed E-state index contributed by atoms with van der Waals surface area (Å²) in [7, 11) is 0. The van der Waals surface area contributed by atoms with Crippen molar-refractivity contribution < 1.29 is 13.6 Å². The molecule has 1 amide bonds. The summed E-state index contributed by atoms with van der Waals surface area (Å²) >= 11 is 0. The van der Waals surface area contributed by atoms with Gasteiger partial charge in [-0.15, -0.1) is 17.5 Å². The molecule has 0 spiro atoms. The molecule has 0 aliphatic rings. The van der Waals surface area contributed by atoms with Crippen LogP contribution in [0.15, 0.2) is 24.3 Å². The number of nitrogens with zero attached hydrogens (tertiary/aromatic N) is 3. The van der Waals surface area contributed by atoms with Gasteiger partial charge in [0, 0.05) is 0 Å². The molecule has 1 aromatic heterocycles. The Morgan fingerprint density at radius 2 is 2.00 bits per heavy atom. The van der Waals surface area contributed by atoms with Crippen molar-refractivity contribution in [3.63, 3.8) is 0 Å². The molecule has 0 aliphatic carbocycles. The fraction of sp³-hybridized carbons (Fsp3) is 0.438. The van der Waals surface area contributed by atoms with Crippen molar-refractivity contribution in [3.05, 3.63) is 41.5 Å². The van der Waals surface area contributed by atoms with Crippen molar-refractivity contribution in [2.45, 2.75) is 32.6 Å². The lowest BCUT2D eigenvalue weighted by Gasteiger charge is -2.13. The van der Waals surface area contributed by atoms with E-state index in [-0.39, 0.29) is 24.1 Å². The van der Waals surface area contributed by atoms with E-state index in [1.54, 1.807) is 11.6 Å². The van der Waals surface area contributed by atoms with Gasteiger partial charge in [-0.05, 0) is 24.5 Å². The summed E-state index contributed by atoms with van der Waals surface area (Å²) in [5.41, 5.74) is 6.80. The topological polar surface area (TPSA) is 85.8 Å². The van der Waals surface area contributed by atoms with E-state index in [0.717, 1.165) is 11.3 Å². The summed E-state index contributed by atoms with van der Waals surface area (Å²) < 4.78 is 27.8. The number of carbonyl (C=O) groups is 1. The van der Waals surface area contributed by atoms with Crippen LogP contribution in [0.5, 0.6) is 0 Å². The normalized spacial score (nSPS) is 11.3. The molecule has 6 nitrogen and oxygen atoms in total. The van der Waals surface area contributed by atoms with E-state index in [1.807, 2.05) is 38.1 Å². The molecule has 25 heavy (non-hydrogen) atoms. The smallest absolute Gasteiger partial charge is 0.291 e. The second-order valence-electron chi connectivity index (χ2n) is 5.85. The Hall–Kier alpha value is -2.06. The fourth-order valence-electron chi connectivity index (χ4n) is 2.24. The summed E-state index contributed by atoms with van der Waals surface area (Å²) in [5, 5.41) is 6.28. The number of benzene rings is 1. The largest absolute Gasteiger partial charge is 0.343 e. The van der Waals surface area contributed by atoms with Gasteiger partial charge in [0.05, 0.1) is 18.8 Å². The summed E-state index contributed by atoms with van der Waals surface area (Å²) in [5.74, 6) is -3.31. The molecule has 0 radical (unpaired) electrons. The van der Waals surface area contributed by atoms with Crippen LogP contribution in [0.25, 0.3) is 5.69 Å². The van der Waals surface area contributed by atoms with Gasteiger partial charge in [-0.25, -0.2) is 18.4 Å². The van der Waals surface area contributed by atoms with E-state index in [4.69, 9.17) is 5.73 Å². The molecule has 2 rings (SSSR count). The lowest BCUT2D eigenvalue weighted by Crippen LogP contribution is -2.41. The second kappa shape index (κ2) is 8.35. The number of alkyl halides is 2. The van der Waals surface area contributed by atoms with Gasteiger partial charge in [-0.2, -0.15) is 0 Å². The van der Waals surface area contributed by atoms with Crippen LogP contribution in [-0.4, -0.2) is 39.7 Å². The molecule has 0 atom stereocenters. The first-order valence-electron chi connectivity index (χ1n) is 7.64. The van der Waals surface area contributed by atoms with E-state index in [2.05, 4.69) is 15.4 Å². The number of para-hydroxylation sites is 1. The monoisotopic (exact) mass is 373 g/mol. The summed E-state index contributed by atoms with van der Waals surface area (Å²) in [4.78, 5) is 16.1. The van der Waals surface area contributed by atoms with Crippen LogP contribution in [-0.2, 0) is 0 Å². The van der Waals surface area contributed by atoms with Crippen LogP contribution in [0.1, 0.15) is 41.8 Å². The molecule has 0 saturated carbocycles. The standard InChI is InChI=1S/C16H21F2N5O.ClH/c1-10(2)12-6-4-5-7-13(12)23-11(3)21-14(22-23)15(24)20-9-16(17,18)8-19;/h4-7,10H,8-9,19H2,1-3H3,(H,20,24);1H. The van der Waals surface area contributed by atoms with Crippen LogP contribution in [0.4, 0.5) is 8.78 Å². The van der Waals surface area contributed by atoms with Gasteiger partial charge in [-0.1, -0.05) is 32.0 Å². The molecule has 9 heteroatoms. The van der Waals surface area contributed by atoms with Crippen molar-refractivity contribution in [3.8, 4) is 5.69 Å². The third-order valence-electron chi connectivity index (χ3n) is 3.57. The minimum absolute atomic E-state index is 0. The highest BCUT2D eigenvalue weighted by Crippen LogP contribution is 2.23. The summed E-state index contributed by atoms with van der Waals surface area (Å²) in [6.45, 7) is 4.12. The Morgan fingerprint density at radius 1 is 1.36 bits per heavy atom. The fourth-order valence-corrected chi connectivity index (χ4v) is 2.24. The van der Waals surface area contributed by atoms with Crippen molar-refractivity contribution in [1.29, 1.82) is 0 Å². The number of nitrogens with one attached hydrogen (secondary N) is 1. The van der Waals surface area contributed by atoms with Gasteiger partial charge in [0.15, 0.2) is 0 Å². The van der Waals surface area contributed by atoms with Gasteiger partial charge in [0.25, 0.3) is 11.8 Å². The van der Waals surface area contributed by atoms with E-state index >= 15 is 0 Å². The third kappa shape index (κ3) is 4.96. The maximum atomic E-state index is 13.1. The predicted molar refractivity (Wildman–Crippen MR) is 93.8 cm³/mol. The van der Waals surface area contributed by atoms with E-state index in [9.17, 15) is 13.6 Å². The highest BCUT2D eigenvalue weighted by atomic mass is 35.5. The number of carbonyl (C=O) groups excluding carboxylic acids is 1. The molecule has 0 bridgehead atoms. The zero-order valence-corrected chi connectivity index (χ0v) is 15.1. The maximum absolute atomic E-state index is 13.1. The number of hydrogen-bond acceptors (Lipinski definition) is 4. The van der Waals surface area contributed by atoms with Crippen LogP contribution in [0.3, 0.4) is 0 Å². The zero-order chi connectivity index (χ0) is 17.9. The maximum Gasteiger partial charge on any atom is 0.291 e. The molecule has 0 aliphatic heterocycles. The number of aryl methyl sites for hydroxylation is 1. The Morgan fingerprint density at radius 3 is 2.60 bits per heavy atom. The van der Waals surface area contributed by atoms with Crippen LogP contribution < -0.4 is 11.1 Å². The van der Waals surface area contributed by atoms with Gasteiger partial charge < -0.3 is 11.1 Å². The molecular formula is C16H22ClF2N5O. The molecule has 0 unspecified atom stereocenters. The Bertz CT molecular complexity index is 733. The van der Waals surface area contributed by atoms with Gasteiger partial charge in [0.1, 0.15) is 5.82 Å². The predicted octanol–water partition coefficient (Wildman–Crippen LogP) is 2.44. The average molecular weight is 374 g/mol. The average Bonchev–Trinajstić information content (AvgIpc) is 2.94. The van der Waals surface area contributed by atoms with Crippen LogP contribution in [0, 0.1) is 6.92 Å². The number of halogens is 3. The lowest BCUT2D eigenvalue weighted by molar-refractivity contribution is 0.0117. The SMILES string of the molecule is Cc1nc(C(=O)NCC(F)(F)CN)nn1-c1ccccc1C(C)C.Cl. The molecule has 2 aromatic rings. The molecule has 0 fully saturated rings. The van der Waals surface area contributed by atoms with Gasteiger partial charge in [0.2, 0.25) is 5.82 Å². The Balaban J connectivity index is 0.00000312. The number of hydrogen-bond donors (Lipinski definition) is 2. The molecule has 138 valence electrons. The van der Waals surface area contributed by atoms with E-state index < -0.39 is 24.9 Å². The number of rotatable bonds is 6. The summed E-state index contributed by atoms with van der Waals surface area (Å²) in [6.07, 6.45) is 0. The van der Waals surface area contributed by atoms with Gasteiger partial charge >= 0.3 is 0 Å². The molecular weight excluding hydrogens is 352 g/mol. The van der Waals surface area contributed by atoms with Crippen molar-refractivity contribution >= 4 is 18.3 Å². The minimum Gasteiger partial charge on any atom is -0.343 e. The third-order valence-corrected chi connectivity index (χ3v) is 3.57. The molecule has 1 heterocycles. The molecule has 1 aromatic carbocycles. The Kier molecular flexibility index (Phi) is 7.01. The van der Waals surface area contributed by atoms with E-state index in [1.165, 1.54) is 0 Å². The number of nitrogens with two attached hydrogens (primary N) is 1. The number of aromatic nitrogens is 3. The zero-order valence-electron chi connectivity index (χ0n) is 14.3. The van der Waals surface area contributed by atoms with Crippen LogP contribution >= 0.6 is 12.4 Å². The highest BCUT2D eigenvalue weighted by molar-refractivity contribution is 5.90. The second-order valence-corrected chi connectivity index (χ2v) is 5.85. The minimum atomic E-state index is -3.16. The molecule has 3 N–H and O–H groups in total. The van der Waals surface area contributed by atoms with Crippen molar-refractivity contribution in [2.75, 3.05) is 13.1 Å². The quantitative estimate of drug-likeness (QED) is 0.814. The first-order valence-corrected chi connectivity index (χ1v) is 7.64. The summed E-state index contributed by atoms with van der Waals surface area (Å²) in [6, 6.07) is 7.64. The lowest BCUT2D eigenvalue weighted by atomic mass is 10.0. The number of amides is 1. The highest BCUT2D eigenvalue weighted by Gasteiger charge is 2.28. The van der Waals surface area contributed by atoms with Crippen molar-refractivity contribution in [2.24, 2.45) is 5.73 Å². The Labute approximate surface area is 151 Å². The first kappa shape index (κ1) is 21.0. The first-order chi connectivity index (χ1) is 11.2. The van der Waals surface area contributed by atoms with E-state index in [0.29, 0.717) is 5.82 Å². The van der Waals surface area contributed by atoms with Gasteiger partial charge in [-0.3, -0.25) is 4.79 Å².